The van der Waals surface area contributed by atoms with Crippen LogP contribution in [-0.4, -0.2) is 28.3 Å². The van der Waals surface area contributed by atoms with Gasteiger partial charge in [0.05, 0.1) is 5.44 Å². The average molecular weight is 318 g/mol. The lowest BCUT2D eigenvalue weighted by molar-refractivity contribution is 0.214. The van der Waals surface area contributed by atoms with Crippen molar-refractivity contribution in [2.75, 3.05) is 6.61 Å². The molecule has 20 heavy (non-hydrogen) atoms. The zero-order valence-corrected chi connectivity index (χ0v) is 12.3. The van der Waals surface area contributed by atoms with E-state index >= 15 is 0 Å². The molecule has 0 radical (unpaired) electrons. The van der Waals surface area contributed by atoms with Gasteiger partial charge in [-0.3, -0.25) is 5.43 Å². The van der Waals surface area contributed by atoms with Crippen LogP contribution in [0.4, 0.5) is 4.79 Å². The van der Waals surface area contributed by atoms with Crippen LogP contribution in [0.3, 0.4) is 0 Å². The molecule has 110 valence electrons. The van der Waals surface area contributed by atoms with Gasteiger partial charge in [0.25, 0.3) is 5.19 Å². The van der Waals surface area contributed by atoms with Crippen LogP contribution in [0.1, 0.15) is 0 Å². The Morgan fingerprint density at radius 3 is 2.85 bits per heavy atom. The number of ether oxygens (including phenoxy) is 1. The molecule has 1 atom stereocenters. The number of hydrogen-bond donors (Lipinski definition) is 5. The fourth-order valence-corrected chi connectivity index (χ4v) is 2.11. The van der Waals surface area contributed by atoms with Crippen molar-refractivity contribution in [3.8, 4) is 5.19 Å². The van der Waals surface area contributed by atoms with E-state index in [-0.39, 0.29) is 18.0 Å². The molecule has 0 aliphatic carbocycles. The van der Waals surface area contributed by atoms with Crippen molar-refractivity contribution in [2.24, 2.45) is 28.4 Å². The highest BCUT2D eigenvalue weighted by Gasteiger charge is 2.19. The van der Waals surface area contributed by atoms with Gasteiger partial charge in [-0.25, -0.2) is 26.5 Å². The number of thiazole rings is 1. The Labute approximate surface area is 121 Å². The van der Waals surface area contributed by atoms with Crippen LogP contribution in [0.25, 0.3) is 0 Å². The average Bonchev–Trinajstić information content (AvgIpc) is 2.87. The third kappa shape index (κ3) is 4.03. The van der Waals surface area contributed by atoms with E-state index in [0.29, 0.717) is 10.2 Å². The molecular formula is C8H15N8O2PS. The third-order valence-corrected chi connectivity index (χ3v) is 3.35. The normalized spacial score (nSPS) is 12.2. The van der Waals surface area contributed by atoms with Gasteiger partial charge in [0.1, 0.15) is 18.0 Å². The minimum absolute atomic E-state index is 0.0538. The molecule has 0 saturated carbocycles. The monoisotopic (exact) mass is 318 g/mol. The van der Waals surface area contributed by atoms with Crippen LogP contribution in [0, 0.1) is 0 Å². The maximum Gasteiger partial charge on any atom is 0.350 e. The molecular weight excluding hydrogens is 303 g/mol. The van der Waals surface area contributed by atoms with E-state index in [4.69, 9.17) is 28.0 Å². The molecule has 10 nitrogen and oxygen atoms in total. The van der Waals surface area contributed by atoms with Crippen molar-refractivity contribution in [1.82, 2.24) is 15.4 Å². The molecule has 0 spiro atoms. The standard InChI is InChI=1S/C8H15N8O2PS/c9-1-5(16(12)7(17)15-11)4(14-10)2-18-8-13-6(19)3-20-8/h1,3H,2,9-12,19H2,(H,15,17)/b5-1+,14-4-. The van der Waals surface area contributed by atoms with Gasteiger partial charge in [0, 0.05) is 11.6 Å². The van der Waals surface area contributed by atoms with E-state index in [1.54, 1.807) is 5.38 Å². The smallest absolute Gasteiger partial charge is 0.350 e. The van der Waals surface area contributed by atoms with Gasteiger partial charge >= 0.3 is 6.03 Å². The third-order valence-electron chi connectivity index (χ3n) is 2.04. The molecule has 1 aromatic heterocycles. The summed E-state index contributed by atoms with van der Waals surface area (Å²) < 4.78 is 5.37. The lowest BCUT2D eigenvalue weighted by Gasteiger charge is -2.19. The highest BCUT2D eigenvalue weighted by atomic mass is 32.1. The Kier molecular flexibility index (Phi) is 6.12. The summed E-state index contributed by atoms with van der Waals surface area (Å²) in [5, 5.41) is 6.36. The van der Waals surface area contributed by atoms with Gasteiger partial charge in [-0.1, -0.05) is 20.6 Å². The molecule has 0 aromatic carbocycles. The predicted molar refractivity (Wildman–Crippen MR) is 79.6 cm³/mol. The molecule has 1 heterocycles. The maximum atomic E-state index is 11.3. The minimum atomic E-state index is -0.788. The van der Waals surface area contributed by atoms with Crippen molar-refractivity contribution in [3.05, 3.63) is 17.3 Å². The van der Waals surface area contributed by atoms with Crippen LogP contribution in [0.5, 0.6) is 5.19 Å². The number of nitrogens with two attached hydrogens (primary N) is 4. The Hall–Kier alpha value is -1.94. The second-order valence-electron chi connectivity index (χ2n) is 3.27. The number of urea groups is 1. The van der Waals surface area contributed by atoms with Crippen LogP contribution in [0.2, 0.25) is 0 Å². The van der Waals surface area contributed by atoms with Crippen molar-refractivity contribution in [2.45, 2.75) is 0 Å². The van der Waals surface area contributed by atoms with Gasteiger partial charge in [-0.05, 0) is 0 Å². The highest BCUT2D eigenvalue weighted by Crippen LogP contribution is 2.14. The van der Waals surface area contributed by atoms with Crippen molar-refractivity contribution in [3.63, 3.8) is 0 Å². The Balaban J connectivity index is 2.76. The van der Waals surface area contributed by atoms with E-state index in [1.807, 2.05) is 5.43 Å². The number of carbonyl (C=O) groups excluding carboxylic acids is 1. The zero-order chi connectivity index (χ0) is 15.1. The summed E-state index contributed by atoms with van der Waals surface area (Å²) in [5.41, 5.74) is 8.20. The number of hydrazine groups is 2. The summed E-state index contributed by atoms with van der Waals surface area (Å²) >= 11 is 1.30. The second-order valence-corrected chi connectivity index (χ2v) is 4.69. The van der Waals surface area contributed by atoms with Crippen LogP contribution in [-0.2, 0) is 0 Å². The first-order valence-corrected chi connectivity index (χ1v) is 6.57. The molecule has 0 fully saturated rings. The molecule has 12 heteroatoms. The number of nitrogens with zero attached hydrogens (tertiary/aromatic N) is 3. The lowest BCUT2D eigenvalue weighted by atomic mass is 10.3. The molecule has 0 bridgehead atoms. The summed E-state index contributed by atoms with van der Waals surface area (Å²) in [7, 11) is 2.44. The van der Waals surface area contributed by atoms with Crippen molar-refractivity contribution in [1.29, 1.82) is 0 Å². The summed E-state index contributed by atoms with van der Waals surface area (Å²) in [6.07, 6.45) is 1.06. The van der Waals surface area contributed by atoms with Crippen LogP contribution in [0.15, 0.2) is 22.4 Å². The lowest BCUT2D eigenvalue weighted by Crippen LogP contribution is -2.49. The number of nitrogens with one attached hydrogen (secondary N) is 1. The van der Waals surface area contributed by atoms with Crippen LogP contribution < -0.4 is 38.9 Å². The number of hydrogen-bond acceptors (Lipinski definition) is 9. The maximum absolute atomic E-state index is 11.3. The summed E-state index contributed by atoms with van der Waals surface area (Å²) in [6.45, 7) is -0.0668. The molecule has 0 aliphatic heterocycles. The largest absolute Gasteiger partial charge is 0.463 e. The van der Waals surface area contributed by atoms with E-state index in [9.17, 15) is 4.79 Å². The first-order chi connectivity index (χ1) is 9.53. The fourth-order valence-electron chi connectivity index (χ4n) is 1.14. The molecule has 9 N–H and O–H groups in total. The van der Waals surface area contributed by atoms with Crippen LogP contribution >= 0.6 is 20.6 Å². The SMILES string of the molecule is N/C=C(\C(COc1nc(P)cs1)=N/N)N(N)C(=O)NN. The molecule has 1 unspecified atom stereocenters. The van der Waals surface area contributed by atoms with E-state index in [2.05, 4.69) is 19.3 Å². The number of hydrazone groups is 1. The molecule has 1 aromatic rings. The Morgan fingerprint density at radius 2 is 2.40 bits per heavy atom. The van der Waals surface area contributed by atoms with Crippen molar-refractivity contribution < 1.29 is 9.53 Å². The topological polar surface area (TPSA) is 171 Å². The quantitative estimate of drug-likeness (QED) is 0.136. The Bertz CT molecular complexity index is 530. The number of aromatic nitrogens is 1. The number of amides is 2. The van der Waals surface area contributed by atoms with E-state index in [1.165, 1.54) is 11.3 Å². The summed E-state index contributed by atoms with van der Waals surface area (Å²) in [5.74, 6) is 15.7. The van der Waals surface area contributed by atoms with Gasteiger partial charge in [0.15, 0.2) is 0 Å². The van der Waals surface area contributed by atoms with Gasteiger partial charge < -0.3 is 16.3 Å². The number of rotatable bonds is 5. The molecule has 1 rings (SSSR count). The Morgan fingerprint density at radius 1 is 1.70 bits per heavy atom. The van der Waals surface area contributed by atoms with E-state index in [0.717, 1.165) is 11.6 Å². The van der Waals surface area contributed by atoms with Gasteiger partial charge in [0.2, 0.25) is 0 Å². The molecule has 0 aliphatic rings. The van der Waals surface area contributed by atoms with Gasteiger partial charge in [-0.15, -0.1) is 0 Å². The molecule has 2 amide bonds. The first-order valence-electron chi connectivity index (χ1n) is 5.11. The highest BCUT2D eigenvalue weighted by molar-refractivity contribution is 7.29. The first kappa shape index (κ1) is 16.1. The van der Waals surface area contributed by atoms with E-state index < -0.39 is 6.03 Å². The summed E-state index contributed by atoms with van der Waals surface area (Å²) in [6, 6.07) is -0.788. The fraction of sp³-hybridized carbons (Fsp3) is 0.125. The van der Waals surface area contributed by atoms with Gasteiger partial charge in [-0.2, -0.15) is 5.10 Å². The number of carbonyl (C=O) groups is 1. The minimum Gasteiger partial charge on any atom is -0.463 e. The molecule has 0 saturated heterocycles. The summed E-state index contributed by atoms with van der Waals surface area (Å²) in [4.78, 5) is 15.4. The van der Waals surface area contributed by atoms with Crippen molar-refractivity contribution >= 4 is 37.8 Å². The second kappa shape index (κ2) is 7.60. The zero-order valence-electron chi connectivity index (χ0n) is 10.3. The predicted octanol–water partition coefficient (Wildman–Crippen LogP) is -2.10.